The molecule has 1 unspecified atom stereocenters. The van der Waals surface area contributed by atoms with Gasteiger partial charge >= 0.3 is 5.97 Å². The Bertz CT molecular complexity index is 507. The molecule has 1 aromatic carbocycles. The van der Waals surface area contributed by atoms with Gasteiger partial charge < -0.3 is 10.2 Å². The molecule has 0 radical (unpaired) electrons. The summed E-state index contributed by atoms with van der Waals surface area (Å²) in [6, 6.07) is 5.37. The SMILES string of the molecule is Cc1ccc(O)c(CC(C)(C(=O)O)N2CCCCCC2)c1. The van der Waals surface area contributed by atoms with E-state index in [-0.39, 0.29) is 5.75 Å². The molecule has 0 aromatic heterocycles. The van der Waals surface area contributed by atoms with Crippen molar-refractivity contribution in [3.8, 4) is 5.75 Å². The number of aryl methyl sites for hydroxylation is 1. The normalized spacial score (nSPS) is 19.7. The fourth-order valence-corrected chi connectivity index (χ4v) is 3.11. The summed E-state index contributed by atoms with van der Waals surface area (Å²) in [7, 11) is 0. The molecule has 1 aromatic rings. The predicted octanol–water partition coefficient (Wildman–Crippen LogP) is 2.96. The second-order valence-electron chi connectivity index (χ2n) is 6.29. The molecule has 4 nitrogen and oxygen atoms in total. The molecule has 0 aliphatic carbocycles. The van der Waals surface area contributed by atoms with Gasteiger partial charge in [0.15, 0.2) is 0 Å². The van der Waals surface area contributed by atoms with Crippen molar-refractivity contribution >= 4 is 5.97 Å². The second-order valence-corrected chi connectivity index (χ2v) is 6.29. The maximum atomic E-state index is 11.9. The van der Waals surface area contributed by atoms with Crippen molar-refractivity contribution < 1.29 is 15.0 Å². The summed E-state index contributed by atoms with van der Waals surface area (Å²) in [4.78, 5) is 14.0. The minimum Gasteiger partial charge on any atom is -0.508 e. The van der Waals surface area contributed by atoms with Gasteiger partial charge in [-0.05, 0) is 51.4 Å². The van der Waals surface area contributed by atoms with Crippen LogP contribution in [0.15, 0.2) is 18.2 Å². The standard InChI is InChI=1S/C17H25NO3/c1-13-7-8-15(19)14(11-13)12-17(2,16(20)21)18-9-5-3-4-6-10-18/h7-8,11,19H,3-6,9-10,12H2,1-2H3,(H,20,21). The molecule has 0 amide bonds. The van der Waals surface area contributed by atoms with Crippen molar-refractivity contribution in [2.75, 3.05) is 13.1 Å². The molecule has 0 bridgehead atoms. The van der Waals surface area contributed by atoms with E-state index in [1.54, 1.807) is 13.0 Å². The Balaban J connectivity index is 2.28. The third-order valence-electron chi connectivity index (χ3n) is 4.53. The average molecular weight is 291 g/mol. The van der Waals surface area contributed by atoms with E-state index in [1.807, 2.05) is 19.1 Å². The monoisotopic (exact) mass is 291 g/mol. The van der Waals surface area contributed by atoms with Crippen molar-refractivity contribution in [2.24, 2.45) is 0 Å². The third-order valence-corrected chi connectivity index (χ3v) is 4.53. The van der Waals surface area contributed by atoms with Crippen LogP contribution >= 0.6 is 0 Å². The van der Waals surface area contributed by atoms with Crippen molar-refractivity contribution in [3.63, 3.8) is 0 Å². The zero-order valence-electron chi connectivity index (χ0n) is 12.9. The number of aromatic hydroxyl groups is 1. The first-order valence-electron chi connectivity index (χ1n) is 7.70. The van der Waals surface area contributed by atoms with Gasteiger partial charge in [-0.3, -0.25) is 9.69 Å². The number of carboxylic acid groups (broad SMARTS) is 1. The van der Waals surface area contributed by atoms with Gasteiger partial charge in [0.25, 0.3) is 0 Å². The van der Waals surface area contributed by atoms with E-state index in [2.05, 4.69) is 4.90 Å². The van der Waals surface area contributed by atoms with Crippen molar-refractivity contribution in [1.29, 1.82) is 0 Å². The number of hydrogen-bond acceptors (Lipinski definition) is 3. The summed E-state index contributed by atoms with van der Waals surface area (Å²) in [5.41, 5.74) is 0.783. The molecule has 1 aliphatic rings. The smallest absolute Gasteiger partial charge is 0.324 e. The quantitative estimate of drug-likeness (QED) is 0.895. The van der Waals surface area contributed by atoms with Crippen LogP contribution in [0.3, 0.4) is 0 Å². The lowest BCUT2D eigenvalue weighted by Gasteiger charge is -2.37. The molecule has 4 heteroatoms. The van der Waals surface area contributed by atoms with E-state index >= 15 is 0 Å². The van der Waals surface area contributed by atoms with Crippen molar-refractivity contribution in [1.82, 2.24) is 4.90 Å². The number of carbonyl (C=O) groups is 1. The molecular weight excluding hydrogens is 266 g/mol. The second kappa shape index (κ2) is 6.48. The molecule has 1 atom stereocenters. The molecule has 1 fully saturated rings. The predicted molar refractivity (Wildman–Crippen MR) is 82.6 cm³/mol. The van der Waals surface area contributed by atoms with Gasteiger partial charge in [0.2, 0.25) is 0 Å². The number of carboxylic acids is 1. The van der Waals surface area contributed by atoms with Crippen molar-refractivity contribution in [2.45, 2.75) is 51.5 Å². The Kier molecular flexibility index (Phi) is 4.88. The fourth-order valence-electron chi connectivity index (χ4n) is 3.11. The number of likely N-dealkylation sites (tertiary alicyclic amines) is 1. The van der Waals surface area contributed by atoms with Gasteiger partial charge in [-0.2, -0.15) is 0 Å². The summed E-state index contributed by atoms with van der Waals surface area (Å²) in [5.74, 6) is -0.631. The highest BCUT2D eigenvalue weighted by Crippen LogP contribution is 2.29. The highest BCUT2D eigenvalue weighted by atomic mass is 16.4. The Morgan fingerprint density at radius 2 is 1.86 bits per heavy atom. The Morgan fingerprint density at radius 1 is 1.24 bits per heavy atom. The number of phenolic OH excluding ortho intramolecular Hbond substituents is 1. The molecule has 0 spiro atoms. The average Bonchev–Trinajstić information content (AvgIpc) is 2.72. The minimum absolute atomic E-state index is 0.183. The summed E-state index contributed by atoms with van der Waals surface area (Å²) in [5, 5.41) is 19.8. The fraction of sp³-hybridized carbons (Fsp3) is 0.588. The maximum absolute atomic E-state index is 11.9. The first-order chi connectivity index (χ1) is 9.93. The molecule has 116 valence electrons. The zero-order chi connectivity index (χ0) is 15.5. The summed E-state index contributed by atoms with van der Waals surface area (Å²) < 4.78 is 0. The van der Waals surface area contributed by atoms with E-state index in [1.165, 1.54) is 12.8 Å². The van der Waals surface area contributed by atoms with Crippen molar-refractivity contribution in [3.05, 3.63) is 29.3 Å². The zero-order valence-corrected chi connectivity index (χ0v) is 12.9. The van der Waals surface area contributed by atoms with Crippen LogP contribution in [0.4, 0.5) is 0 Å². The lowest BCUT2D eigenvalue weighted by Crippen LogP contribution is -2.54. The third kappa shape index (κ3) is 3.56. The van der Waals surface area contributed by atoms with Crippen LogP contribution in [-0.4, -0.2) is 39.7 Å². The van der Waals surface area contributed by atoms with E-state index in [0.29, 0.717) is 12.0 Å². The molecule has 1 heterocycles. The Morgan fingerprint density at radius 3 is 2.43 bits per heavy atom. The number of phenols is 1. The summed E-state index contributed by atoms with van der Waals surface area (Å²) in [6.45, 7) is 5.36. The van der Waals surface area contributed by atoms with Gasteiger partial charge in [-0.15, -0.1) is 0 Å². The first kappa shape index (κ1) is 15.8. The summed E-state index contributed by atoms with van der Waals surface area (Å²) in [6.07, 6.45) is 4.75. The van der Waals surface area contributed by atoms with Crippen LogP contribution < -0.4 is 0 Å². The van der Waals surface area contributed by atoms with E-state index in [0.717, 1.165) is 31.5 Å². The number of aliphatic carboxylic acids is 1. The van der Waals surface area contributed by atoms with Gasteiger partial charge in [0, 0.05) is 6.42 Å². The number of nitrogens with zero attached hydrogens (tertiary/aromatic N) is 1. The van der Waals surface area contributed by atoms with Crippen LogP contribution in [0.25, 0.3) is 0 Å². The lowest BCUT2D eigenvalue weighted by molar-refractivity contribution is -0.150. The molecule has 0 saturated carbocycles. The van der Waals surface area contributed by atoms with Crippen LogP contribution in [0, 0.1) is 6.92 Å². The van der Waals surface area contributed by atoms with Gasteiger partial charge in [-0.1, -0.05) is 30.5 Å². The minimum atomic E-state index is -0.963. The molecule has 2 rings (SSSR count). The maximum Gasteiger partial charge on any atom is 0.324 e. The van der Waals surface area contributed by atoms with Gasteiger partial charge in [0.1, 0.15) is 11.3 Å². The van der Waals surface area contributed by atoms with Crippen LogP contribution in [0.5, 0.6) is 5.75 Å². The largest absolute Gasteiger partial charge is 0.508 e. The molecule has 21 heavy (non-hydrogen) atoms. The number of rotatable bonds is 4. The Labute approximate surface area is 126 Å². The van der Waals surface area contributed by atoms with Gasteiger partial charge in [0.05, 0.1) is 0 Å². The van der Waals surface area contributed by atoms with E-state index in [4.69, 9.17) is 0 Å². The molecule has 2 N–H and O–H groups in total. The van der Waals surface area contributed by atoms with Crippen LogP contribution in [-0.2, 0) is 11.2 Å². The van der Waals surface area contributed by atoms with E-state index in [9.17, 15) is 15.0 Å². The summed E-state index contributed by atoms with van der Waals surface area (Å²) >= 11 is 0. The van der Waals surface area contributed by atoms with Gasteiger partial charge in [-0.25, -0.2) is 0 Å². The first-order valence-corrected chi connectivity index (χ1v) is 7.70. The topological polar surface area (TPSA) is 60.8 Å². The number of benzene rings is 1. The lowest BCUT2D eigenvalue weighted by atomic mass is 9.89. The van der Waals surface area contributed by atoms with Crippen LogP contribution in [0.1, 0.15) is 43.7 Å². The van der Waals surface area contributed by atoms with Crippen LogP contribution in [0.2, 0.25) is 0 Å². The number of hydrogen-bond donors (Lipinski definition) is 2. The molecule has 1 aliphatic heterocycles. The molecule has 1 saturated heterocycles. The van der Waals surface area contributed by atoms with E-state index < -0.39 is 11.5 Å². The highest BCUT2D eigenvalue weighted by Gasteiger charge is 2.40. The Hall–Kier alpha value is -1.55. The highest BCUT2D eigenvalue weighted by molar-refractivity contribution is 5.79. The molecular formula is C17H25NO3.